The average molecular weight is 538 g/mol. The number of benzene rings is 3. The maximum absolute atomic E-state index is 13.6. The normalized spacial score (nSPS) is 15.1. The molecule has 1 saturated heterocycles. The lowest BCUT2D eigenvalue weighted by atomic mass is 10.0. The Labute approximate surface area is 232 Å². The number of rotatable bonds is 6. The van der Waals surface area contributed by atoms with Crippen LogP contribution < -0.4 is 10.5 Å². The zero-order valence-corrected chi connectivity index (χ0v) is 22.9. The minimum Gasteiger partial charge on any atom is -0.369 e. The van der Waals surface area contributed by atoms with E-state index in [-0.39, 0.29) is 11.4 Å². The van der Waals surface area contributed by atoms with Gasteiger partial charge in [-0.3, -0.25) is 9.69 Å². The van der Waals surface area contributed by atoms with Gasteiger partial charge in [0.25, 0.3) is 5.56 Å². The number of aromatic amines is 1. The van der Waals surface area contributed by atoms with Gasteiger partial charge < -0.3 is 9.88 Å². The van der Waals surface area contributed by atoms with Gasteiger partial charge in [0.2, 0.25) is 0 Å². The van der Waals surface area contributed by atoms with Gasteiger partial charge >= 0.3 is 0 Å². The molecule has 1 aliphatic rings. The molecule has 0 spiro atoms. The standard InChI is InChI=1S/C31H32FN7O/c1-20-5-9-24-18-26(31(40)33-27(24)16-20)29(30-34-35-36-39(30)19-23-7-10-25(32)11-8-23)38-14-12-37(13-15-38)28-17-21(2)4-6-22(28)3/h4-11,16-18,29H,12-15,19H2,1-3H3,(H,33,40)/t29-/m1/s1. The largest absolute Gasteiger partial charge is 0.369 e. The molecule has 3 heterocycles. The van der Waals surface area contributed by atoms with Crippen molar-refractivity contribution < 1.29 is 4.39 Å². The highest BCUT2D eigenvalue weighted by Crippen LogP contribution is 2.30. The lowest BCUT2D eigenvalue weighted by molar-refractivity contribution is 0.200. The molecule has 0 saturated carbocycles. The number of hydrogen-bond donors (Lipinski definition) is 1. The van der Waals surface area contributed by atoms with Crippen LogP contribution in [0.15, 0.2) is 71.5 Å². The van der Waals surface area contributed by atoms with Crippen molar-refractivity contribution in [3.05, 3.63) is 117 Å². The molecule has 1 fully saturated rings. The quantitative estimate of drug-likeness (QED) is 0.343. The molecule has 0 aliphatic carbocycles. The minimum absolute atomic E-state index is 0.156. The Morgan fingerprint density at radius 2 is 1.62 bits per heavy atom. The third-order valence-corrected chi connectivity index (χ3v) is 7.76. The highest BCUT2D eigenvalue weighted by atomic mass is 19.1. The molecule has 0 radical (unpaired) electrons. The average Bonchev–Trinajstić information content (AvgIpc) is 3.40. The van der Waals surface area contributed by atoms with Gasteiger partial charge in [0.05, 0.1) is 6.54 Å². The van der Waals surface area contributed by atoms with Crippen molar-refractivity contribution in [2.75, 3.05) is 31.1 Å². The molecule has 0 amide bonds. The van der Waals surface area contributed by atoms with Crippen molar-refractivity contribution in [2.45, 2.75) is 33.4 Å². The summed E-state index contributed by atoms with van der Waals surface area (Å²) in [5.74, 6) is 0.291. The molecular formula is C31H32FN7O. The predicted molar refractivity (Wildman–Crippen MR) is 154 cm³/mol. The number of H-pyrrole nitrogens is 1. The summed E-state index contributed by atoms with van der Waals surface area (Å²) < 4.78 is 15.3. The molecule has 0 unspecified atom stereocenters. The van der Waals surface area contributed by atoms with Crippen LogP contribution in [0, 0.1) is 26.6 Å². The molecule has 5 aromatic rings. The van der Waals surface area contributed by atoms with E-state index < -0.39 is 6.04 Å². The summed E-state index contributed by atoms with van der Waals surface area (Å²) in [5.41, 5.74) is 6.94. The number of aryl methyl sites for hydroxylation is 3. The van der Waals surface area contributed by atoms with Gasteiger partial charge in [0, 0.05) is 42.9 Å². The lowest BCUT2D eigenvalue weighted by Crippen LogP contribution is -2.49. The van der Waals surface area contributed by atoms with E-state index in [9.17, 15) is 9.18 Å². The van der Waals surface area contributed by atoms with Crippen LogP contribution in [0.25, 0.3) is 10.9 Å². The number of fused-ring (bicyclic) bond motifs is 1. The molecule has 3 aromatic carbocycles. The van der Waals surface area contributed by atoms with Crippen molar-refractivity contribution in [3.63, 3.8) is 0 Å². The molecule has 1 aliphatic heterocycles. The molecule has 1 N–H and O–H groups in total. The first-order valence-electron chi connectivity index (χ1n) is 13.6. The van der Waals surface area contributed by atoms with Crippen LogP contribution >= 0.6 is 0 Å². The topological polar surface area (TPSA) is 82.9 Å². The summed E-state index contributed by atoms with van der Waals surface area (Å²) in [4.78, 5) is 21.4. The molecule has 9 heteroatoms. The number of aromatic nitrogens is 5. The summed E-state index contributed by atoms with van der Waals surface area (Å²) in [6.45, 7) is 9.71. The van der Waals surface area contributed by atoms with Gasteiger partial charge in [0.15, 0.2) is 5.82 Å². The summed E-state index contributed by atoms with van der Waals surface area (Å²) >= 11 is 0. The van der Waals surface area contributed by atoms with Crippen molar-refractivity contribution in [1.82, 2.24) is 30.1 Å². The highest BCUT2D eigenvalue weighted by molar-refractivity contribution is 5.79. The number of tetrazole rings is 1. The van der Waals surface area contributed by atoms with Gasteiger partial charge in [-0.1, -0.05) is 36.4 Å². The van der Waals surface area contributed by atoms with E-state index in [4.69, 9.17) is 0 Å². The van der Waals surface area contributed by atoms with Gasteiger partial charge in [-0.25, -0.2) is 9.07 Å². The van der Waals surface area contributed by atoms with Crippen molar-refractivity contribution >= 4 is 16.6 Å². The van der Waals surface area contributed by atoms with Crippen LogP contribution in [0.1, 0.15) is 39.7 Å². The highest BCUT2D eigenvalue weighted by Gasteiger charge is 2.33. The summed E-state index contributed by atoms with van der Waals surface area (Å²) in [7, 11) is 0. The van der Waals surface area contributed by atoms with E-state index in [2.05, 4.69) is 62.4 Å². The molecule has 8 nitrogen and oxygen atoms in total. The summed E-state index contributed by atoms with van der Waals surface area (Å²) in [6, 6.07) is 20.4. The number of nitrogens with one attached hydrogen (secondary N) is 1. The Kier molecular flexibility index (Phi) is 6.89. The summed E-state index contributed by atoms with van der Waals surface area (Å²) in [5, 5.41) is 13.7. The zero-order valence-electron chi connectivity index (χ0n) is 22.9. The Morgan fingerprint density at radius 1 is 0.900 bits per heavy atom. The van der Waals surface area contributed by atoms with Gasteiger partial charge in [0.1, 0.15) is 11.9 Å². The molecule has 6 rings (SSSR count). The van der Waals surface area contributed by atoms with E-state index in [1.165, 1.54) is 28.9 Å². The molecule has 0 bridgehead atoms. The fraction of sp³-hybridized carbons (Fsp3) is 0.290. The van der Waals surface area contributed by atoms with Gasteiger partial charge in [-0.05, 0) is 89.2 Å². The van der Waals surface area contributed by atoms with Crippen LogP contribution in [-0.2, 0) is 6.54 Å². The first kappa shape index (κ1) is 25.9. The number of piperazine rings is 1. The minimum atomic E-state index is -0.453. The molecule has 2 aromatic heterocycles. The summed E-state index contributed by atoms with van der Waals surface area (Å²) in [6.07, 6.45) is 0. The van der Waals surface area contributed by atoms with Gasteiger partial charge in [-0.2, -0.15) is 0 Å². The predicted octanol–water partition coefficient (Wildman–Crippen LogP) is 4.54. The smallest absolute Gasteiger partial charge is 0.253 e. The van der Waals surface area contributed by atoms with Gasteiger partial charge in [-0.15, -0.1) is 5.10 Å². The van der Waals surface area contributed by atoms with Crippen LogP contribution in [0.3, 0.4) is 0 Å². The molecule has 204 valence electrons. The zero-order chi connectivity index (χ0) is 27.8. The number of hydrogen-bond acceptors (Lipinski definition) is 6. The SMILES string of the molecule is Cc1ccc(C)c(N2CCN([C@H](c3cc4ccc(C)cc4[nH]c3=O)c3nnnn3Cc3ccc(F)cc3)CC2)c1. The molecule has 40 heavy (non-hydrogen) atoms. The number of anilines is 1. The lowest BCUT2D eigenvalue weighted by Gasteiger charge is -2.40. The van der Waals surface area contributed by atoms with Crippen molar-refractivity contribution in [1.29, 1.82) is 0 Å². The fourth-order valence-corrected chi connectivity index (χ4v) is 5.60. The Hall–Kier alpha value is -4.37. The van der Waals surface area contributed by atoms with Crippen LogP contribution in [0.5, 0.6) is 0 Å². The van der Waals surface area contributed by atoms with Crippen LogP contribution in [0.2, 0.25) is 0 Å². The van der Waals surface area contributed by atoms with Crippen molar-refractivity contribution in [2.24, 2.45) is 0 Å². The molecular weight excluding hydrogens is 505 g/mol. The second kappa shape index (κ2) is 10.7. The van der Waals surface area contributed by atoms with E-state index in [0.29, 0.717) is 17.9 Å². The number of nitrogens with zero attached hydrogens (tertiary/aromatic N) is 6. The second-order valence-corrected chi connectivity index (χ2v) is 10.7. The number of halogens is 1. The van der Waals surface area contributed by atoms with E-state index in [1.807, 2.05) is 31.2 Å². The second-order valence-electron chi connectivity index (χ2n) is 10.7. The Balaban J connectivity index is 1.38. The van der Waals surface area contributed by atoms with E-state index >= 15 is 0 Å². The third-order valence-electron chi connectivity index (χ3n) is 7.76. The first-order chi connectivity index (χ1) is 19.4. The first-order valence-corrected chi connectivity index (χ1v) is 13.6. The van der Waals surface area contributed by atoms with Crippen molar-refractivity contribution in [3.8, 4) is 0 Å². The number of pyridine rings is 1. The molecule has 1 atom stereocenters. The maximum Gasteiger partial charge on any atom is 0.253 e. The van der Waals surface area contributed by atoms with E-state index in [1.54, 1.807) is 16.8 Å². The van der Waals surface area contributed by atoms with Crippen LogP contribution in [0.4, 0.5) is 10.1 Å². The Morgan fingerprint density at radius 3 is 2.40 bits per heavy atom. The monoisotopic (exact) mass is 537 g/mol. The van der Waals surface area contributed by atoms with E-state index in [0.717, 1.165) is 48.2 Å². The van der Waals surface area contributed by atoms with Crippen LogP contribution in [-0.4, -0.2) is 56.3 Å². The maximum atomic E-state index is 13.6. The fourth-order valence-electron chi connectivity index (χ4n) is 5.60. The third kappa shape index (κ3) is 5.12. The Bertz CT molecular complexity index is 1720.